The Morgan fingerprint density at radius 3 is 1.59 bits per heavy atom. The van der Waals surface area contributed by atoms with Crippen LogP contribution in [0.25, 0.3) is 0 Å². The third-order valence-electron chi connectivity index (χ3n) is 3.90. The van der Waals surface area contributed by atoms with E-state index in [9.17, 15) is 8.42 Å². The van der Waals surface area contributed by atoms with Crippen LogP contribution in [0, 0.1) is 13.8 Å². The second-order valence-corrected chi connectivity index (χ2v) is 8.94. The molecule has 2 atom stereocenters. The largest absolute Gasteiger partial charge is 0.268 e. The minimum Gasteiger partial charge on any atom is -0.268 e. The standard InChI is InChI=1S/C21H21NO3S2/c1-17-8-12-20(13-9-17)26(23)22(25-16-19-6-4-3-5-7-19)27(24)21-14-10-18(2)11-15-21/h3-15H,16H2,1-2H3/t26-,27-/m1/s1. The molecule has 0 aliphatic carbocycles. The van der Waals surface area contributed by atoms with Gasteiger partial charge in [0.05, 0.1) is 16.4 Å². The fourth-order valence-corrected chi connectivity index (χ4v) is 4.73. The molecular formula is C21H21NO3S2. The predicted octanol–water partition coefficient (Wildman–Crippen LogP) is 4.48. The number of hydrogen-bond acceptors (Lipinski definition) is 3. The first kappa shape index (κ1) is 19.6. The Morgan fingerprint density at radius 1 is 0.704 bits per heavy atom. The van der Waals surface area contributed by atoms with Crippen molar-refractivity contribution in [3.8, 4) is 0 Å². The van der Waals surface area contributed by atoms with Crippen LogP contribution >= 0.6 is 0 Å². The van der Waals surface area contributed by atoms with E-state index in [0.717, 1.165) is 20.6 Å². The summed E-state index contributed by atoms with van der Waals surface area (Å²) in [6, 6.07) is 24.1. The Bertz CT molecular complexity index is 868. The molecule has 0 fully saturated rings. The van der Waals surface area contributed by atoms with Crippen molar-refractivity contribution in [2.45, 2.75) is 30.2 Å². The van der Waals surface area contributed by atoms with E-state index in [4.69, 9.17) is 4.84 Å². The van der Waals surface area contributed by atoms with Gasteiger partial charge in [0, 0.05) is 0 Å². The Balaban J connectivity index is 1.87. The van der Waals surface area contributed by atoms with Crippen LogP contribution in [0.1, 0.15) is 16.7 Å². The second-order valence-electron chi connectivity index (χ2n) is 6.11. The molecule has 0 amide bonds. The summed E-state index contributed by atoms with van der Waals surface area (Å²) >= 11 is 0. The smallest absolute Gasteiger partial charge is 0.164 e. The van der Waals surface area contributed by atoms with Crippen LogP contribution in [0.5, 0.6) is 0 Å². The fraction of sp³-hybridized carbons (Fsp3) is 0.143. The van der Waals surface area contributed by atoms with Crippen molar-refractivity contribution in [3.63, 3.8) is 0 Å². The van der Waals surface area contributed by atoms with Crippen molar-refractivity contribution in [1.82, 2.24) is 3.87 Å². The number of benzene rings is 3. The molecule has 0 N–H and O–H groups in total. The topological polar surface area (TPSA) is 46.6 Å². The molecule has 3 aromatic rings. The maximum atomic E-state index is 13.1. The van der Waals surface area contributed by atoms with Gasteiger partial charge in [0.1, 0.15) is 0 Å². The summed E-state index contributed by atoms with van der Waals surface area (Å²) < 4.78 is 27.2. The van der Waals surface area contributed by atoms with E-state index < -0.39 is 22.0 Å². The fourth-order valence-electron chi connectivity index (χ4n) is 2.34. The van der Waals surface area contributed by atoms with Gasteiger partial charge in [-0.25, -0.2) is 8.42 Å². The number of rotatable bonds is 7. The van der Waals surface area contributed by atoms with Crippen LogP contribution in [-0.4, -0.2) is 12.3 Å². The van der Waals surface area contributed by atoms with Crippen molar-refractivity contribution in [1.29, 1.82) is 0 Å². The van der Waals surface area contributed by atoms with Crippen molar-refractivity contribution in [2.75, 3.05) is 0 Å². The number of aryl methyl sites for hydroxylation is 2. The molecule has 6 heteroatoms. The first-order chi connectivity index (χ1) is 13.0. The zero-order chi connectivity index (χ0) is 19.2. The van der Waals surface area contributed by atoms with Gasteiger partial charge in [0.2, 0.25) is 0 Å². The molecule has 3 rings (SSSR count). The monoisotopic (exact) mass is 399 g/mol. The number of nitrogens with zero attached hydrogens (tertiary/aromatic N) is 1. The van der Waals surface area contributed by atoms with Crippen LogP contribution < -0.4 is 0 Å². The van der Waals surface area contributed by atoms with Crippen molar-refractivity contribution in [3.05, 3.63) is 95.6 Å². The second kappa shape index (κ2) is 9.19. The third-order valence-corrected chi connectivity index (χ3v) is 6.81. The van der Waals surface area contributed by atoms with E-state index in [2.05, 4.69) is 0 Å². The average molecular weight is 400 g/mol. The van der Waals surface area contributed by atoms with Crippen LogP contribution in [-0.2, 0) is 33.4 Å². The summed E-state index contributed by atoms with van der Waals surface area (Å²) in [5.41, 5.74) is 3.03. The molecule has 3 aromatic carbocycles. The van der Waals surface area contributed by atoms with Gasteiger partial charge in [-0.3, -0.25) is 4.84 Å². The average Bonchev–Trinajstić information content (AvgIpc) is 2.69. The molecular weight excluding hydrogens is 378 g/mol. The van der Waals surface area contributed by atoms with E-state index in [-0.39, 0.29) is 6.61 Å². The zero-order valence-corrected chi connectivity index (χ0v) is 16.8. The molecule has 0 unspecified atom stereocenters. The van der Waals surface area contributed by atoms with Crippen molar-refractivity contribution in [2.24, 2.45) is 0 Å². The van der Waals surface area contributed by atoms with Gasteiger partial charge in [0.15, 0.2) is 22.0 Å². The lowest BCUT2D eigenvalue weighted by molar-refractivity contribution is -0.0199. The highest BCUT2D eigenvalue weighted by Crippen LogP contribution is 2.20. The van der Waals surface area contributed by atoms with E-state index in [1.54, 1.807) is 24.3 Å². The van der Waals surface area contributed by atoms with Crippen LogP contribution in [0.3, 0.4) is 0 Å². The minimum atomic E-state index is -1.73. The molecule has 140 valence electrons. The summed E-state index contributed by atoms with van der Waals surface area (Å²) in [6.45, 7) is 4.09. The summed E-state index contributed by atoms with van der Waals surface area (Å²) in [4.78, 5) is 6.83. The molecule has 0 radical (unpaired) electrons. The Morgan fingerprint density at radius 2 is 1.15 bits per heavy atom. The summed E-state index contributed by atoms with van der Waals surface area (Å²) in [6.07, 6.45) is 0. The Hall–Kier alpha value is -2.12. The van der Waals surface area contributed by atoms with Gasteiger partial charge >= 0.3 is 0 Å². The van der Waals surface area contributed by atoms with E-state index in [0.29, 0.717) is 9.79 Å². The lowest BCUT2D eigenvalue weighted by Gasteiger charge is -2.19. The molecule has 0 spiro atoms. The summed E-state index contributed by atoms with van der Waals surface area (Å²) in [5.74, 6) is 0. The normalized spacial score (nSPS) is 13.4. The highest BCUT2D eigenvalue weighted by atomic mass is 32.3. The van der Waals surface area contributed by atoms with E-state index in [1.165, 1.54) is 0 Å². The molecule has 27 heavy (non-hydrogen) atoms. The van der Waals surface area contributed by atoms with E-state index in [1.807, 2.05) is 68.4 Å². The van der Waals surface area contributed by atoms with Gasteiger partial charge in [-0.2, -0.15) is 0 Å². The Kier molecular flexibility index (Phi) is 6.68. The lowest BCUT2D eigenvalue weighted by atomic mass is 10.2. The molecule has 0 aliphatic heterocycles. The number of hydrogen-bond donors (Lipinski definition) is 0. The summed E-state index contributed by atoms with van der Waals surface area (Å²) in [7, 11) is -3.46. The molecule has 0 aromatic heterocycles. The molecule has 0 saturated heterocycles. The summed E-state index contributed by atoms with van der Waals surface area (Å²) in [5, 5.41) is 0. The maximum Gasteiger partial charge on any atom is 0.164 e. The first-order valence-corrected chi connectivity index (χ1v) is 10.7. The highest BCUT2D eigenvalue weighted by Gasteiger charge is 2.25. The lowest BCUT2D eigenvalue weighted by Crippen LogP contribution is -2.28. The van der Waals surface area contributed by atoms with Gasteiger partial charge in [-0.15, -0.1) is 0 Å². The molecule has 0 aliphatic rings. The first-order valence-electron chi connectivity index (χ1n) is 8.48. The highest BCUT2D eigenvalue weighted by molar-refractivity contribution is 7.97. The minimum absolute atomic E-state index is 0.177. The SMILES string of the molecule is Cc1ccc([S@@](=O)N(OCc2ccccc2)[S@](=O)c2ccc(C)cc2)cc1. The quantitative estimate of drug-likeness (QED) is 0.550. The zero-order valence-electron chi connectivity index (χ0n) is 15.2. The van der Waals surface area contributed by atoms with Crippen LogP contribution in [0.2, 0.25) is 0 Å². The van der Waals surface area contributed by atoms with Crippen molar-refractivity contribution < 1.29 is 13.3 Å². The van der Waals surface area contributed by atoms with Crippen LogP contribution in [0.15, 0.2) is 88.7 Å². The van der Waals surface area contributed by atoms with Gasteiger partial charge in [-0.1, -0.05) is 65.7 Å². The maximum absolute atomic E-state index is 13.1. The van der Waals surface area contributed by atoms with Crippen LogP contribution in [0.4, 0.5) is 0 Å². The third kappa shape index (κ3) is 5.20. The Labute approximate surface area is 164 Å². The van der Waals surface area contributed by atoms with Crippen molar-refractivity contribution >= 4 is 22.0 Å². The van der Waals surface area contributed by atoms with Gasteiger partial charge in [0.25, 0.3) is 0 Å². The molecule has 0 saturated carbocycles. The van der Waals surface area contributed by atoms with Gasteiger partial charge < -0.3 is 0 Å². The molecule has 4 nitrogen and oxygen atoms in total. The van der Waals surface area contributed by atoms with E-state index >= 15 is 0 Å². The molecule has 0 heterocycles. The predicted molar refractivity (Wildman–Crippen MR) is 108 cm³/mol. The van der Waals surface area contributed by atoms with Gasteiger partial charge in [-0.05, 0) is 47.6 Å². The molecule has 0 bridgehead atoms.